The summed E-state index contributed by atoms with van der Waals surface area (Å²) in [6.07, 6.45) is -0.255. The molecule has 3 aliphatic carbocycles. The molecule has 3 aliphatic rings. The summed E-state index contributed by atoms with van der Waals surface area (Å²) in [5.41, 5.74) is 1.39. The molecule has 0 amide bonds. The molecule has 3 saturated carbocycles. The van der Waals surface area contributed by atoms with Crippen LogP contribution in [-0.4, -0.2) is 45.2 Å². The van der Waals surface area contributed by atoms with Crippen molar-refractivity contribution in [1.29, 1.82) is 0 Å². The maximum atomic E-state index is 13.7. The molecule has 9 nitrogen and oxygen atoms in total. The first kappa shape index (κ1) is 31.6. The van der Waals surface area contributed by atoms with E-state index in [2.05, 4.69) is 14.6 Å². The minimum Gasteiger partial charge on any atom is -0.465 e. The molecule has 248 valence electrons. The van der Waals surface area contributed by atoms with Gasteiger partial charge in [0, 0.05) is 28.5 Å². The highest BCUT2D eigenvalue weighted by Crippen LogP contribution is 2.47. The Morgan fingerprint density at radius 2 is 1.74 bits per heavy atom. The molecule has 3 fully saturated rings. The quantitative estimate of drug-likeness (QED) is 0.178. The molecule has 1 aromatic heterocycles. The third-order valence-corrected chi connectivity index (χ3v) is 11.0. The Labute approximate surface area is 269 Å². The first-order chi connectivity index (χ1) is 22.5. The van der Waals surface area contributed by atoms with E-state index in [1.165, 1.54) is 25.3 Å². The van der Waals surface area contributed by atoms with E-state index in [1.54, 1.807) is 42.5 Å². The highest BCUT2D eigenvalue weighted by Gasteiger charge is 2.45. The number of hydrogen-bond acceptors (Lipinski definition) is 8. The Kier molecular flexibility index (Phi) is 8.25. The summed E-state index contributed by atoms with van der Waals surface area (Å²) in [5, 5.41) is 5.29. The second-order valence-electron chi connectivity index (χ2n) is 12.5. The first-order valence-electron chi connectivity index (χ1n) is 15.6. The molecule has 0 spiro atoms. The lowest BCUT2D eigenvalue weighted by atomic mass is 9.83. The number of para-hydroxylation sites is 1. The largest absolute Gasteiger partial charge is 0.573 e. The number of alkyl halides is 3. The van der Waals surface area contributed by atoms with Gasteiger partial charge >= 0.3 is 12.3 Å². The van der Waals surface area contributed by atoms with Crippen LogP contribution in [0.4, 0.5) is 13.2 Å². The topological polar surface area (TPSA) is 117 Å². The predicted molar refractivity (Wildman–Crippen MR) is 164 cm³/mol. The number of rotatable bonds is 10. The van der Waals surface area contributed by atoms with Gasteiger partial charge in [0.1, 0.15) is 17.2 Å². The molecule has 7 rings (SSSR count). The van der Waals surface area contributed by atoms with E-state index < -0.39 is 22.4 Å². The zero-order valence-corrected chi connectivity index (χ0v) is 26.3. The third kappa shape index (κ3) is 6.48. The first-order valence-corrected chi connectivity index (χ1v) is 17.1. The number of nitrogens with zero attached hydrogens (tertiary/aromatic N) is 1. The fraction of sp³-hybridized carbons (Fsp3) is 0.412. The molecule has 3 aromatic carbocycles. The fourth-order valence-corrected chi connectivity index (χ4v) is 8.80. The lowest BCUT2D eigenvalue weighted by Crippen LogP contribution is -2.46. The number of hydrogen-bond donors (Lipinski definition) is 1. The van der Waals surface area contributed by atoms with Crippen molar-refractivity contribution in [3.63, 3.8) is 0 Å². The number of nitrogens with one attached hydrogen (secondary N) is 1. The summed E-state index contributed by atoms with van der Waals surface area (Å²) in [4.78, 5) is 12.1. The number of benzene rings is 3. The molecular formula is C34H33F3N2O7S. The Balaban J connectivity index is 1.07. The molecule has 1 heterocycles. The van der Waals surface area contributed by atoms with E-state index >= 15 is 0 Å². The summed E-state index contributed by atoms with van der Waals surface area (Å²) >= 11 is 0. The Morgan fingerprint density at radius 1 is 1.00 bits per heavy atom. The van der Waals surface area contributed by atoms with Crippen LogP contribution in [0.3, 0.4) is 0 Å². The van der Waals surface area contributed by atoms with Crippen LogP contribution in [0.25, 0.3) is 22.0 Å². The second-order valence-corrected chi connectivity index (χ2v) is 14.2. The standard InChI is InChI=1S/C34H33F3N2O7S/c1-43-33(40)23-13-14-25-20(15-23)5-4-8-29(25)47(41,42)39-30-21-11-12-22(30)17-24(16-21)44-18-27-31(38-46-32(27)19-9-10-19)26-6-2-3-7-28(26)45-34(35,36)37/h2-8,13-15,19,21-22,24,30,39H,9-12,16-18H2,1H3/t21-,22+,24?,30?. The Morgan fingerprint density at radius 3 is 2.45 bits per heavy atom. The number of carbonyl (C=O) groups excluding carboxylic acids is 1. The number of sulfonamides is 1. The van der Waals surface area contributed by atoms with Gasteiger partial charge in [-0.15, -0.1) is 13.2 Å². The molecule has 13 heteroatoms. The van der Waals surface area contributed by atoms with E-state index in [0.717, 1.165) is 25.7 Å². The van der Waals surface area contributed by atoms with Crippen molar-refractivity contribution in [3.05, 3.63) is 77.6 Å². The second kappa shape index (κ2) is 12.3. The number of carbonyl (C=O) groups is 1. The molecule has 0 saturated heterocycles. The SMILES string of the molecule is COC(=O)c1ccc2c(S(=O)(=O)NC3[C@@H]4CC[C@H]3CC(OCc3c(-c5ccccc5OC(F)(F)F)noc3C3CC3)C4)cccc2c1. The van der Waals surface area contributed by atoms with E-state index in [-0.39, 0.29) is 58.4 Å². The minimum absolute atomic E-state index is 0.0557. The average Bonchev–Trinajstić information content (AvgIpc) is 3.76. The van der Waals surface area contributed by atoms with Gasteiger partial charge in [0.25, 0.3) is 0 Å². The molecule has 47 heavy (non-hydrogen) atoms. The van der Waals surface area contributed by atoms with Crippen molar-refractivity contribution < 1.29 is 45.1 Å². The molecule has 1 N–H and O–H groups in total. The lowest BCUT2D eigenvalue weighted by Gasteiger charge is -2.35. The van der Waals surface area contributed by atoms with Gasteiger partial charge in [-0.2, -0.15) is 0 Å². The zero-order chi connectivity index (χ0) is 32.9. The van der Waals surface area contributed by atoms with Gasteiger partial charge in [-0.05, 0) is 86.1 Å². The lowest BCUT2D eigenvalue weighted by molar-refractivity contribution is -0.274. The summed E-state index contributed by atoms with van der Waals surface area (Å²) in [6, 6.07) is 15.3. The molecule has 0 radical (unpaired) electrons. The van der Waals surface area contributed by atoms with E-state index in [0.29, 0.717) is 40.5 Å². The molecule has 0 aliphatic heterocycles. The van der Waals surface area contributed by atoms with Crippen LogP contribution in [0.15, 0.2) is 70.1 Å². The zero-order valence-electron chi connectivity index (χ0n) is 25.5. The summed E-state index contributed by atoms with van der Waals surface area (Å²) in [7, 11) is -2.61. The van der Waals surface area contributed by atoms with Crippen LogP contribution >= 0.6 is 0 Å². The van der Waals surface area contributed by atoms with Crippen molar-refractivity contribution in [1.82, 2.24) is 9.88 Å². The van der Waals surface area contributed by atoms with Crippen LogP contribution in [0.5, 0.6) is 5.75 Å². The monoisotopic (exact) mass is 670 g/mol. The van der Waals surface area contributed by atoms with Gasteiger partial charge in [0.05, 0.1) is 30.3 Å². The highest BCUT2D eigenvalue weighted by molar-refractivity contribution is 7.89. The molecular weight excluding hydrogens is 637 g/mol. The van der Waals surface area contributed by atoms with Crippen molar-refractivity contribution in [2.45, 2.75) is 74.5 Å². The smallest absolute Gasteiger partial charge is 0.465 e. The van der Waals surface area contributed by atoms with Gasteiger partial charge in [-0.25, -0.2) is 17.9 Å². The number of esters is 1. The van der Waals surface area contributed by atoms with Crippen molar-refractivity contribution in [2.75, 3.05) is 7.11 Å². The molecule has 4 aromatic rings. The highest BCUT2D eigenvalue weighted by atomic mass is 32.2. The molecule has 2 unspecified atom stereocenters. The molecule has 4 atom stereocenters. The van der Waals surface area contributed by atoms with Crippen LogP contribution in [0.1, 0.15) is 66.1 Å². The van der Waals surface area contributed by atoms with Crippen LogP contribution in [-0.2, 0) is 26.1 Å². The summed E-state index contributed by atoms with van der Waals surface area (Å²) < 4.78 is 91.1. The number of methoxy groups -OCH3 is 1. The van der Waals surface area contributed by atoms with Crippen LogP contribution in [0.2, 0.25) is 0 Å². The van der Waals surface area contributed by atoms with Gasteiger partial charge in [-0.1, -0.05) is 35.5 Å². The van der Waals surface area contributed by atoms with Crippen LogP contribution < -0.4 is 9.46 Å². The van der Waals surface area contributed by atoms with Crippen molar-refractivity contribution in [3.8, 4) is 17.0 Å². The third-order valence-electron chi connectivity index (χ3n) is 9.50. The number of halogens is 3. The van der Waals surface area contributed by atoms with Gasteiger partial charge in [0.15, 0.2) is 0 Å². The fourth-order valence-electron chi connectivity index (χ4n) is 7.19. The maximum Gasteiger partial charge on any atom is 0.573 e. The minimum atomic E-state index is -4.86. The maximum absolute atomic E-state index is 13.7. The number of aromatic nitrogens is 1. The Bertz CT molecular complexity index is 1910. The molecule has 2 bridgehead atoms. The van der Waals surface area contributed by atoms with Gasteiger partial charge in [-0.3, -0.25) is 0 Å². The van der Waals surface area contributed by atoms with Gasteiger partial charge < -0.3 is 18.7 Å². The van der Waals surface area contributed by atoms with E-state index in [1.807, 2.05) is 0 Å². The summed E-state index contributed by atoms with van der Waals surface area (Å²) in [5.74, 6) is 0.0179. The normalized spacial score (nSPS) is 22.8. The van der Waals surface area contributed by atoms with E-state index in [9.17, 15) is 26.4 Å². The van der Waals surface area contributed by atoms with Crippen molar-refractivity contribution >= 4 is 26.8 Å². The number of ether oxygens (including phenoxy) is 3. The van der Waals surface area contributed by atoms with E-state index in [4.69, 9.17) is 14.0 Å². The van der Waals surface area contributed by atoms with Crippen LogP contribution in [0, 0.1) is 11.8 Å². The van der Waals surface area contributed by atoms with Crippen molar-refractivity contribution in [2.24, 2.45) is 11.8 Å². The average molecular weight is 671 g/mol. The Hall–Kier alpha value is -3.94. The van der Waals surface area contributed by atoms with Gasteiger partial charge in [0.2, 0.25) is 10.0 Å². The summed E-state index contributed by atoms with van der Waals surface area (Å²) in [6.45, 7) is 0.106. The number of fused-ring (bicyclic) bond motifs is 3. The predicted octanol–water partition coefficient (Wildman–Crippen LogP) is 7.11.